The fourth-order valence-corrected chi connectivity index (χ4v) is 3.79. The van der Waals surface area contributed by atoms with Gasteiger partial charge in [0.1, 0.15) is 0 Å². The van der Waals surface area contributed by atoms with Crippen molar-refractivity contribution in [1.29, 1.82) is 0 Å². The van der Waals surface area contributed by atoms with Gasteiger partial charge in [0, 0.05) is 23.7 Å². The highest BCUT2D eigenvalue weighted by molar-refractivity contribution is 5.74. The number of hydrogen-bond donors (Lipinski definition) is 4. The van der Waals surface area contributed by atoms with Gasteiger partial charge in [0.05, 0.1) is 6.61 Å². The number of rotatable bonds is 5. The molecule has 0 aromatic heterocycles. The fraction of sp³-hybridized carbons (Fsp3) is 0.632. The van der Waals surface area contributed by atoms with Crippen LogP contribution in [0.2, 0.25) is 0 Å². The van der Waals surface area contributed by atoms with Crippen LogP contribution in [0.25, 0.3) is 0 Å². The van der Waals surface area contributed by atoms with Gasteiger partial charge in [-0.15, -0.1) is 0 Å². The SMILES string of the molecule is CC1(C)CC(NC(=O)NCCc2ccc(CO)cc2)CC(C)(C)N1. The minimum Gasteiger partial charge on any atom is -0.392 e. The topological polar surface area (TPSA) is 73.4 Å². The van der Waals surface area contributed by atoms with Gasteiger partial charge in [-0.05, 0) is 58.1 Å². The molecule has 1 saturated heterocycles. The summed E-state index contributed by atoms with van der Waals surface area (Å²) in [4.78, 5) is 12.1. The zero-order valence-corrected chi connectivity index (χ0v) is 15.3. The standard InChI is InChI=1S/C19H31N3O2/c1-18(2)11-16(12-19(3,4)22-18)21-17(24)20-10-9-14-5-7-15(13-23)8-6-14/h5-8,16,22-23H,9-13H2,1-4H3,(H2,20,21,24). The van der Waals surface area contributed by atoms with E-state index in [0.717, 1.165) is 30.4 Å². The van der Waals surface area contributed by atoms with E-state index in [0.29, 0.717) is 6.54 Å². The molecule has 0 bridgehead atoms. The van der Waals surface area contributed by atoms with E-state index in [4.69, 9.17) is 5.11 Å². The first-order valence-electron chi connectivity index (χ1n) is 8.71. The largest absolute Gasteiger partial charge is 0.392 e. The molecule has 1 aliphatic heterocycles. The van der Waals surface area contributed by atoms with E-state index in [1.807, 2.05) is 24.3 Å². The zero-order chi connectivity index (χ0) is 17.8. The summed E-state index contributed by atoms with van der Waals surface area (Å²) >= 11 is 0. The summed E-state index contributed by atoms with van der Waals surface area (Å²) in [6.45, 7) is 9.37. The van der Waals surface area contributed by atoms with Gasteiger partial charge in [0.2, 0.25) is 0 Å². The minimum atomic E-state index is -0.0968. The third-order valence-corrected chi connectivity index (χ3v) is 4.43. The maximum Gasteiger partial charge on any atom is 0.315 e. The lowest BCUT2D eigenvalue weighted by atomic mass is 9.80. The summed E-state index contributed by atoms with van der Waals surface area (Å²) in [6, 6.07) is 7.88. The van der Waals surface area contributed by atoms with E-state index in [-0.39, 0.29) is 29.8 Å². The van der Waals surface area contributed by atoms with Crippen molar-refractivity contribution in [2.24, 2.45) is 0 Å². The predicted octanol–water partition coefficient (Wildman–Crippen LogP) is 2.33. The number of aliphatic hydroxyl groups excluding tert-OH is 1. The minimum absolute atomic E-state index is 0.0220. The molecular weight excluding hydrogens is 302 g/mol. The van der Waals surface area contributed by atoms with E-state index >= 15 is 0 Å². The second-order valence-electron chi connectivity index (χ2n) is 8.12. The van der Waals surface area contributed by atoms with Crippen molar-refractivity contribution in [3.8, 4) is 0 Å². The van der Waals surface area contributed by atoms with Crippen LogP contribution in [-0.4, -0.2) is 34.8 Å². The number of aliphatic hydroxyl groups is 1. The van der Waals surface area contributed by atoms with Gasteiger partial charge in [-0.25, -0.2) is 4.79 Å². The summed E-state index contributed by atoms with van der Waals surface area (Å²) in [5, 5.41) is 18.7. The lowest BCUT2D eigenvalue weighted by Gasteiger charge is -2.46. The highest BCUT2D eigenvalue weighted by Gasteiger charge is 2.38. The van der Waals surface area contributed by atoms with Crippen molar-refractivity contribution >= 4 is 6.03 Å². The molecule has 1 fully saturated rings. The molecule has 1 aromatic carbocycles. The Balaban J connectivity index is 1.76. The molecule has 0 spiro atoms. The van der Waals surface area contributed by atoms with E-state index in [2.05, 4.69) is 43.6 Å². The highest BCUT2D eigenvalue weighted by atomic mass is 16.3. The molecule has 0 atom stereocenters. The molecule has 5 nitrogen and oxygen atoms in total. The van der Waals surface area contributed by atoms with Gasteiger partial charge in [-0.3, -0.25) is 0 Å². The molecule has 0 radical (unpaired) electrons. The molecule has 0 saturated carbocycles. The summed E-state index contributed by atoms with van der Waals surface area (Å²) < 4.78 is 0. The molecule has 1 heterocycles. The Hall–Kier alpha value is -1.59. The first kappa shape index (κ1) is 18.7. The van der Waals surface area contributed by atoms with Crippen LogP contribution in [0.1, 0.15) is 51.7 Å². The second kappa shape index (κ2) is 7.53. The average Bonchev–Trinajstić information content (AvgIpc) is 2.44. The van der Waals surface area contributed by atoms with Crippen molar-refractivity contribution in [3.63, 3.8) is 0 Å². The normalized spacial score (nSPS) is 19.7. The lowest BCUT2D eigenvalue weighted by Crippen LogP contribution is -2.62. The van der Waals surface area contributed by atoms with Crippen molar-refractivity contribution in [3.05, 3.63) is 35.4 Å². The second-order valence-corrected chi connectivity index (χ2v) is 8.12. The van der Waals surface area contributed by atoms with Gasteiger partial charge in [0.15, 0.2) is 0 Å². The first-order chi connectivity index (χ1) is 11.2. The molecular formula is C19H31N3O2. The Morgan fingerprint density at radius 1 is 1.12 bits per heavy atom. The molecule has 24 heavy (non-hydrogen) atoms. The van der Waals surface area contributed by atoms with Crippen LogP contribution >= 0.6 is 0 Å². The Morgan fingerprint density at radius 2 is 1.67 bits per heavy atom. The number of carbonyl (C=O) groups is 1. The molecule has 5 heteroatoms. The Bertz CT molecular complexity index is 536. The van der Waals surface area contributed by atoms with Crippen LogP contribution in [0, 0.1) is 0 Å². The third kappa shape index (κ3) is 5.80. The van der Waals surface area contributed by atoms with Crippen LogP contribution in [0.4, 0.5) is 4.79 Å². The third-order valence-electron chi connectivity index (χ3n) is 4.43. The van der Waals surface area contributed by atoms with Crippen molar-refractivity contribution < 1.29 is 9.90 Å². The molecule has 2 amide bonds. The first-order valence-corrected chi connectivity index (χ1v) is 8.71. The smallest absolute Gasteiger partial charge is 0.315 e. The summed E-state index contributed by atoms with van der Waals surface area (Å²) in [5.74, 6) is 0. The molecule has 1 aromatic rings. The number of benzene rings is 1. The van der Waals surface area contributed by atoms with Crippen molar-refractivity contribution in [2.75, 3.05) is 6.54 Å². The van der Waals surface area contributed by atoms with E-state index in [1.165, 1.54) is 0 Å². The van der Waals surface area contributed by atoms with Crippen LogP contribution in [0.5, 0.6) is 0 Å². The van der Waals surface area contributed by atoms with Crippen LogP contribution in [-0.2, 0) is 13.0 Å². The maximum absolute atomic E-state index is 12.1. The van der Waals surface area contributed by atoms with Crippen molar-refractivity contribution in [1.82, 2.24) is 16.0 Å². The Morgan fingerprint density at radius 3 is 2.21 bits per heavy atom. The van der Waals surface area contributed by atoms with Gasteiger partial charge >= 0.3 is 6.03 Å². The van der Waals surface area contributed by atoms with Gasteiger partial charge < -0.3 is 21.1 Å². The Kier molecular flexibility index (Phi) is 5.88. The van der Waals surface area contributed by atoms with Gasteiger partial charge in [-0.1, -0.05) is 24.3 Å². The van der Waals surface area contributed by atoms with Crippen molar-refractivity contribution in [2.45, 2.75) is 70.7 Å². The van der Waals surface area contributed by atoms with E-state index in [1.54, 1.807) is 0 Å². The fourth-order valence-electron chi connectivity index (χ4n) is 3.79. The number of nitrogens with one attached hydrogen (secondary N) is 3. The monoisotopic (exact) mass is 333 g/mol. The lowest BCUT2D eigenvalue weighted by molar-refractivity contribution is 0.147. The van der Waals surface area contributed by atoms with Gasteiger partial charge in [0.25, 0.3) is 0 Å². The van der Waals surface area contributed by atoms with E-state index in [9.17, 15) is 4.79 Å². The summed E-state index contributed by atoms with van der Waals surface area (Å²) in [7, 11) is 0. The number of urea groups is 1. The zero-order valence-electron chi connectivity index (χ0n) is 15.3. The van der Waals surface area contributed by atoms with Crippen LogP contribution < -0.4 is 16.0 Å². The van der Waals surface area contributed by atoms with E-state index < -0.39 is 0 Å². The molecule has 4 N–H and O–H groups in total. The molecule has 1 aliphatic rings. The summed E-state index contributed by atoms with van der Waals surface area (Å²) in [5.41, 5.74) is 2.10. The Labute approximate surface area is 145 Å². The quantitative estimate of drug-likeness (QED) is 0.668. The number of carbonyl (C=O) groups excluding carboxylic acids is 1. The molecule has 2 rings (SSSR count). The molecule has 0 unspecified atom stereocenters. The number of piperidine rings is 1. The maximum atomic E-state index is 12.1. The molecule has 134 valence electrons. The molecule has 0 aliphatic carbocycles. The van der Waals surface area contributed by atoms with Crippen LogP contribution in [0.15, 0.2) is 24.3 Å². The predicted molar refractivity (Wildman–Crippen MR) is 96.9 cm³/mol. The highest BCUT2D eigenvalue weighted by Crippen LogP contribution is 2.28. The summed E-state index contributed by atoms with van der Waals surface area (Å²) in [6.07, 6.45) is 2.63. The average molecular weight is 333 g/mol. The number of amides is 2. The van der Waals surface area contributed by atoms with Crippen LogP contribution in [0.3, 0.4) is 0 Å². The number of hydrogen-bond acceptors (Lipinski definition) is 3. The van der Waals surface area contributed by atoms with Gasteiger partial charge in [-0.2, -0.15) is 0 Å².